The second kappa shape index (κ2) is 14.7. The first-order valence-electron chi connectivity index (χ1n) is 9.90. The summed E-state index contributed by atoms with van der Waals surface area (Å²) >= 11 is 1.07. The molecule has 0 spiro atoms. The van der Waals surface area contributed by atoms with Gasteiger partial charge in [0.1, 0.15) is 31.0 Å². The molecule has 1 aromatic rings. The number of amides is 2. The van der Waals surface area contributed by atoms with Gasteiger partial charge in [-0.2, -0.15) is 0 Å². The minimum Gasteiger partial charge on any atom is -0.492 e. The van der Waals surface area contributed by atoms with E-state index < -0.39 is 52.6 Å². The molecule has 34 heavy (non-hydrogen) atoms. The number of aliphatic hydroxyl groups excluding tert-OH is 1. The van der Waals surface area contributed by atoms with Gasteiger partial charge in [0.15, 0.2) is 0 Å². The number of nitrogens with zero attached hydrogens (tertiary/aromatic N) is 1. The molecule has 1 rings (SSSR count). The number of carboxylic acids is 2. The number of nitro groups is 1. The molecular formula is C19H26N4O10S. The van der Waals surface area contributed by atoms with E-state index in [9.17, 15) is 34.4 Å². The van der Waals surface area contributed by atoms with Crippen LogP contribution in [0.5, 0.6) is 5.75 Å². The van der Waals surface area contributed by atoms with Gasteiger partial charge < -0.3 is 36.4 Å². The second-order valence-corrected chi connectivity index (χ2v) is 8.25. The molecule has 0 fully saturated rings. The maximum absolute atomic E-state index is 12.3. The van der Waals surface area contributed by atoms with Crippen LogP contribution in [0.2, 0.25) is 0 Å². The normalized spacial score (nSPS) is 13.2. The summed E-state index contributed by atoms with van der Waals surface area (Å²) in [4.78, 5) is 56.1. The molecule has 0 saturated heterocycles. The number of aliphatic hydroxyl groups is 1. The molecule has 7 N–H and O–H groups in total. The van der Waals surface area contributed by atoms with E-state index in [4.69, 9.17) is 20.7 Å². The highest BCUT2D eigenvalue weighted by Crippen LogP contribution is 2.19. The van der Waals surface area contributed by atoms with Crippen LogP contribution in [-0.2, 0) is 19.2 Å². The van der Waals surface area contributed by atoms with Crippen molar-refractivity contribution in [1.29, 1.82) is 0 Å². The summed E-state index contributed by atoms with van der Waals surface area (Å²) in [7, 11) is 0. The number of thioether (sulfide) groups is 1. The topological polar surface area (TPSA) is 231 Å². The molecule has 188 valence electrons. The maximum atomic E-state index is 12.3. The van der Waals surface area contributed by atoms with Crippen LogP contribution in [-0.4, -0.2) is 86.8 Å². The SMILES string of the molecule is N[C@@H](CCC(=O)N[C@@H](CS[C@@H](CO)COc1ccc([N+](=O)[O-])cc1)C(=O)NCC(=O)O)C(=O)O. The Hall–Kier alpha value is -3.43. The van der Waals surface area contributed by atoms with Gasteiger partial charge in [-0.3, -0.25) is 29.3 Å². The van der Waals surface area contributed by atoms with Crippen LogP contribution in [0.15, 0.2) is 24.3 Å². The van der Waals surface area contributed by atoms with Crippen LogP contribution in [0.25, 0.3) is 0 Å². The fourth-order valence-electron chi connectivity index (χ4n) is 2.38. The molecule has 0 aliphatic carbocycles. The average Bonchev–Trinajstić information content (AvgIpc) is 2.80. The molecule has 0 bridgehead atoms. The van der Waals surface area contributed by atoms with E-state index in [0.717, 1.165) is 11.8 Å². The van der Waals surface area contributed by atoms with Crippen molar-refractivity contribution in [3.05, 3.63) is 34.4 Å². The Labute approximate surface area is 198 Å². The highest BCUT2D eigenvalue weighted by molar-refractivity contribution is 8.00. The van der Waals surface area contributed by atoms with Gasteiger partial charge in [-0.1, -0.05) is 0 Å². The predicted molar refractivity (Wildman–Crippen MR) is 119 cm³/mol. The fourth-order valence-corrected chi connectivity index (χ4v) is 3.35. The number of aliphatic carboxylic acids is 2. The molecule has 1 aromatic carbocycles. The second-order valence-electron chi connectivity index (χ2n) is 6.91. The summed E-state index contributed by atoms with van der Waals surface area (Å²) in [6.45, 7) is -1.06. The van der Waals surface area contributed by atoms with Gasteiger partial charge >= 0.3 is 11.9 Å². The van der Waals surface area contributed by atoms with E-state index >= 15 is 0 Å². The zero-order valence-corrected chi connectivity index (χ0v) is 18.7. The van der Waals surface area contributed by atoms with E-state index in [1.807, 2.05) is 0 Å². The molecule has 0 heterocycles. The Morgan fingerprint density at radius 3 is 2.35 bits per heavy atom. The number of nitro benzene ring substituents is 1. The van der Waals surface area contributed by atoms with Crippen molar-refractivity contribution in [3.63, 3.8) is 0 Å². The number of hydrogen-bond donors (Lipinski definition) is 6. The largest absolute Gasteiger partial charge is 0.492 e. The lowest BCUT2D eigenvalue weighted by Gasteiger charge is -2.21. The zero-order valence-electron chi connectivity index (χ0n) is 17.9. The summed E-state index contributed by atoms with van der Waals surface area (Å²) in [5, 5.41) is 41.8. The number of carbonyl (C=O) groups excluding carboxylic acids is 2. The highest BCUT2D eigenvalue weighted by Gasteiger charge is 2.24. The van der Waals surface area contributed by atoms with Crippen molar-refractivity contribution in [2.24, 2.45) is 5.73 Å². The lowest BCUT2D eigenvalue weighted by Crippen LogP contribution is -2.50. The molecule has 0 radical (unpaired) electrons. The maximum Gasteiger partial charge on any atom is 0.322 e. The van der Waals surface area contributed by atoms with E-state index in [1.54, 1.807) is 0 Å². The third-order valence-corrected chi connectivity index (χ3v) is 5.53. The van der Waals surface area contributed by atoms with E-state index in [2.05, 4.69) is 10.6 Å². The molecule has 0 aromatic heterocycles. The average molecular weight is 503 g/mol. The quantitative estimate of drug-likeness (QED) is 0.117. The van der Waals surface area contributed by atoms with Crippen LogP contribution in [0.1, 0.15) is 12.8 Å². The number of benzene rings is 1. The summed E-state index contributed by atoms with van der Waals surface area (Å²) in [6, 6.07) is 2.86. The minimum absolute atomic E-state index is 0.0240. The zero-order chi connectivity index (χ0) is 25.7. The number of nitrogens with two attached hydrogens (primary N) is 1. The lowest BCUT2D eigenvalue weighted by atomic mass is 10.1. The highest BCUT2D eigenvalue weighted by atomic mass is 32.2. The lowest BCUT2D eigenvalue weighted by molar-refractivity contribution is -0.384. The van der Waals surface area contributed by atoms with Gasteiger partial charge in [-0.05, 0) is 18.6 Å². The van der Waals surface area contributed by atoms with Crippen molar-refractivity contribution in [1.82, 2.24) is 10.6 Å². The first kappa shape index (κ1) is 28.6. The van der Waals surface area contributed by atoms with Crippen molar-refractivity contribution in [2.45, 2.75) is 30.2 Å². The van der Waals surface area contributed by atoms with Crippen molar-refractivity contribution in [2.75, 3.05) is 25.5 Å². The molecule has 0 aliphatic rings. The van der Waals surface area contributed by atoms with E-state index in [1.165, 1.54) is 24.3 Å². The first-order chi connectivity index (χ1) is 16.0. The Morgan fingerprint density at radius 1 is 1.18 bits per heavy atom. The molecule has 0 unspecified atom stereocenters. The Morgan fingerprint density at radius 2 is 1.82 bits per heavy atom. The predicted octanol–water partition coefficient (Wildman–Crippen LogP) is -1.05. The van der Waals surface area contributed by atoms with Crippen LogP contribution >= 0.6 is 11.8 Å². The summed E-state index contributed by atoms with van der Waals surface area (Å²) < 4.78 is 5.50. The molecule has 3 atom stereocenters. The number of nitrogens with one attached hydrogen (secondary N) is 2. The number of hydrogen-bond acceptors (Lipinski definition) is 10. The number of carbonyl (C=O) groups is 4. The van der Waals surface area contributed by atoms with Crippen molar-refractivity contribution in [3.8, 4) is 5.75 Å². The molecule has 14 nitrogen and oxygen atoms in total. The first-order valence-corrected chi connectivity index (χ1v) is 10.9. The van der Waals surface area contributed by atoms with Crippen LogP contribution < -0.4 is 21.1 Å². The molecular weight excluding hydrogens is 476 g/mol. The van der Waals surface area contributed by atoms with Gasteiger partial charge in [-0.25, -0.2) is 0 Å². The molecule has 0 saturated carbocycles. The van der Waals surface area contributed by atoms with Gasteiger partial charge in [-0.15, -0.1) is 11.8 Å². The third-order valence-electron chi connectivity index (χ3n) is 4.25. The van der Waals surface area contributed by atoms with Gasteiger partial charge in [0.05, 0.1) is 16.8 Å². The monoisotopic (exact) mass is 502 g/mol. The molecule has 15 heteroatoms. The number of ether oxygens (including phenoxy) is 1. The van der Waals surface area contributed by atoms with Gasteiger partial charge in [0.25, 0.3) is 5.69 Å². The molecule has 2 amide bonds. The van der Waals surface area contributed by atoms with Crippen molar-refractivity contribution >= 4 is 41.2 Å². The smallest absolute Gasteiger partial charge is 0.322 e. The Bertz CT molecular complexity index is 867. The number of rotatable bonds is 16. The summed E-state index contributed by atoms with van der Waals surface area (Å²) in [6.07, 6.45) is -0.437. The standard InChI is InChI=1S/C19H26N4O10S/c20-14(19(29)30)5-6-16(25)22-15(18(28)21-7-17(26)27)10-34-13(8-24)9-33-12-3-1-11(2-4-12)23(31)32/h1-4,13-15,24H,5-10,20H2,(H,21,28)(H,22,25)(H,26,27)(H,29,30)/t13-,14-,15-/m0/s1. The van der Waals surface area contributed by atoms with Crippen LogP contribution in [0, 0.1) is 10.1 Å². The molecule has 0 aliphatic heterocycles. The van der Waals surface area contributed by atoms with Crippen LogP contribution in [0.4, 0.5) is 5.69 Å². The van der Waals surface area contributed by atoms with E-state index in [-0.39, 0.29) is 37.5 Å². The van der Waals surface area contributed by atoms with Gasteiger partial charge in [0.2, 0.25) is 11.8 Å². The van der Waals surface area contributed by atoms with Crippen molar-refractivity contribution < 1.29 is 44.2 Å². The number of non-ortho nitro benzene ring substituents is 1. The number of carboxylic acid groups (broad SMARTS) is 2. The summed E-state index contributed by atoms with van der Waals surface area (Å²) in [5.41, 5.74) is 5.24. The van der Waals surface area contributed by atoms with E-state index in [0.29, 0.717) is 5.75 Å². The fraction of sp³-hybridized carbons (Fsp3) is 0.474. The Balaban J connectivity index is 2.68. The Kier molecular flexibility index (Phi) is 12.3. The van der Waals surface area contributed by atoms with Gasteiger partial charge in [0, 0.05) is 24.3 Å². The van der Waals surface area contributed by atoms with Crippen LogP contribution in [0.3, 0.4) is 0 Å². The minimum atomic E-state index is -1.29. The summed E-state index contributed by atoms with van der Waals surface area (Å²) in [5.74, 6) is -3.74. The third kappa shape index (κ3) is 10.9.